The van der Waals surface area contributed by atoms with E-state index in [1.165, 1.54) is 0 Å². The summed E-state index contributed by atoms with van der Waals surface area (Å²) in [6.45, 7) is 6.62. The van der Waals surface area contributed by atoms with Crippen LogP contribution in [0, 0.1) is 5.41 Å². The van der Waals surface area contributed by atoms with Gasteiger partial charge in [0.15, 0.2) is 3.41 Å². The van der Waals surface area contributed by atoms with Gasteiger partial charge in [-0.2, -0.15) is 0 Å². The maximum absolute atomic E-state index is 11.1. The maximum atomic E-state index is 11.1. The fraction of sp³-hybridized carbons (Fsp3) is 0.875. The molecule has 2 nitrogen and oxygen atoms in total. The van der Waals surface area contributed by atoms with Gasteiger partial charge >= 0.3 is 5.97 Å². The Morgan fingerprint density at radius 1 is 1.23 bits per heavy atom. The van der Waals surface area contributed by atoms with Crippen LogP contribution in [-0.4, -0.2) is 16.0 Å². The van der Waals surface area contributed by atoms with Crippen LogP contribution in [0.1, 0.15) is 27.2 Å². The number of esters is 1. The molecule has 0 heterocycles. The van der Waals surface area contributed by atoms with Crippen molar-refractivity contribution in [3.63, 3.8) is 0 Å². The topological polar surface area (TPSA) is 26.3 Å². The summed E-state index contributed by atoms with van der Waals surface area (Å²) in [7, 11) is 0. The van der Waals surface area contributed by atoms with Crippen LogP contribution in [-0.2, 0) is 9.53 Å². The largest absolute Gasteiger partial charge is 0.463 e. The molecule has 78 valence electrons. The Morgan fingerprint density at radius 3 is 2.00 bits per heavy atom. The lowest BCUT2D eigenvalue weighted by atomic mass is 9.93. The molecular weight excluding hydrogens is 224 g/mol. The zero-order valence-corrected chi connectivity index (χ0v) is 10.8. The van der Waals surface area contributed by atoms with Crippen molar-refractivity contribution in [2.75, 3.05) is 6.61 Å². The van der Waals surface area contributed by atoms with E-state index in [4.69, 9.17) is 4.74 Å². The minimum atomic E-state index is -1.29. The highest BCUT2D eigenvalue weighted by Crippen LogP contribution is 2.26. The van der Waals surface area contributed by atoms with Crippen molar-refractivity contribution in [2.24, 2.45) is 5.41 Å². The first kappa shape index (κ1) is 13.5. The number of hydrogen-bond acceptors (Lipinski definition) is 5. The SMILES string of the molecule is CC(C)(C)CCOC(=O)C(S)(S)S. The van der Waals surface area contributed by atoms with E-state index in [0.717, 1.165) is 6.42 Å². The number of rotatable bonds is 3. The van der Waals surface area contributed by atoms with Gasteiger partial charge in [0.25, 0.3) is 0 Å². The van der Waals surface area contributed by atoms with Gasteiger partial charge in [-0.05, 0) is 11.8 Å². The van der Waals surface area contributed by atoms with Gasteiger partial charge in [0.05, 0.1) is 6.61 Å². The van der Waals surface area contributed by atoms with Gasteiger partial charge in [0.2, 0.25) is 0 Å². The van der Waals surface area contributed by atoms with Gasteiger partial charge in [-0.3, -0.25) is 0 Å². The van der Waals surface area contributed by atoms with Crippen LogP contribution in [0.15, 0.2) is 0 Å². The summed E-state index contributed by atoms with van der Waals surface area (Å²) in [5, 5.41) is 0. The summed E-state index contributed by atoms with van der Waals surface area (Å²) in [4.78, 5) is 11.1. The van der Waals surface area contributed by atoms with Crippen LogP contribution in [0.4, 0.5) is 0 Å². The smallest absolute Gasteiger partial charge is 0.342 e. The average Bonchev–Trinajstić information content (AvgIpc) is 1.82. The highest BCUT2D eigenvalue weighted by molar-refractivity contribution is 8.18. The van der Waals surface area contributed by atoms with Crippen molar-refractivity contribution < 1.29 is 9.53 Å². The number of thiol groups is 3. The molecule has 0 atom stereocenters. The van der Waals surface area contributed by atoms with Crippen LogP contribution in [0.3, 0.4) is 0 Å². The highest BCUT2D eigenvalue weighted by atomic mass is 32.2. The first-order valence-electron chi connectivity index (χ1n) is 3.97. The van der Waals surface area contributed by atoms with Gasteiger partial charge < -0.3 is 4.74 Å². The summed E-state index contributed by atoms with van der Waals surface area (Å²) in [5.74, 6) is -0.522. The van der Waals surface area contributed by atoms with E-state index in [-0.39, 0.29) is 5.41 Å². The summed E-state index contributed by atoms with van der Waals surface area (Å²) in [6, 6.07) is 0. The molecule has 0 amide bonds. The van der Waals surface area contributed by atoms with E-state index in [9.17, 15) is 4.79 Å². The van der Waals surface area contributed by atoms with Crippen molar-refractivity contribution in [3.05, 3.63) is 0 Å². The van der Waals surface area contributed by atoms with Crippen molar-refractivity contribution >= 4 is 43.9 Å². The van der Waals surface area contributed by atoms with Gasteiger partial charge in [-0.15, -0.1) is 37.9 Å². The third-order valence-corrected chi connectivity index (χ3v) is 1.91. The molecule has 0 radical (unpaired) electrons. The zero-order chi connectivity index (χ0) is 10.7. The molecule has 0 unspecified atom stereocenters. The van der Waals surface area contributed by atoms with Crippen LogP contribution < -0.4 is 0 Å². The van der Waals surface area contributed by atoms with Gasteiger partial charge in [-0.1, -0.05) is 20.8 Å². The molecule has 0 aromatic rings. The number of carbonyl (C=O) groups is 1. The molecule has 0 spiro atoms. The Bertz CT molecular complexity index is 179. The molecule has 0 aromatic heterocycles. The predicted octanol–water partition coefficient (Wildman–Crippen LogP) is 2.41. The predicted molar refractivity (Wildman–Crippen MR) is 64.7 cm³/mol. The Morgan fingerprint density at radius 2 is 1.69 bits per heavy atom. The van der Waals surface area contributed by atoms with Crippen LogP contribution in [0.5, 0.6) is 0 Å². The highest BCUT2D eigenvalue weighted by Gasteiger charge is 2.27. The molecule has 5 heteroatoms. The summed E-state index contributed by atoms with van der Waals surface area (Å²) in [6.07, 6.45) is 0.810. The fourth-order valence-electron chi connectivity index (χ4n) is 0.547. The molecule has 0 saturated carbocycles. The van der Waals surface area contributed by atoms with E-state index in [1.807, 2.05) is 0 Å². The molecule has 0 aliphatic carbocycles. The van der Waals surface area contributed by atoms with E-state index >= 15 is 0 Å². The standard InChI is InChI=1S/C8H16O2S3/c1-7(2,3)4-5-10-6(9)8(11,12)13/h11-13H,4-5H2,1-3H3. The summed E-state index contributed by atoms with van der Waals surface area (Å²) >= 11 is 11.5. The molecule has 0 aromatic carbocycles. The lowest BCUT2D eigenvalue weighted by molar-refractivity contribution is -0.142. The molecular formula is C8H16O2S3. The van der Waals surface area contributed by atoms with Crippen LogP contribution in [0.25, 0.3) is 0 Å². The maximum Gasteiger partial charge on any atom is 0.342 e. The Kier molecular flexibility index (Phi) is 5.04. The Hall–Kier alpha value is 0.520. The van der Waals surface area contributed by atoms with Crippen molar-refractivity contribution in [2.45, 2.75) is 30.6 Å². The minimum absolute atomic E-state index is 0.159. The second-order valence-corrected chi connectivity index (χ2v) is 7.15. The van der Waals surface area contributed by atoms with E-state index in [2.05, 4.69) is 58.7 Å². The van der Waals surface area contributed by atoms with E-state index in [1.54, 1.807) is 0 Å². The normalized spacial score (nSPS) is 12.8. The molecule has 0 N–H and O–H groups in total. The minimum Gasteiger partial charge on any atom is -0.463 e. The number of carbonyl (C=O) groups excluding carboxylic acids is 1. The van der Waals surface area contributed by atoms with Gasteiger partial charge in [-0.25, -0.2) is 4.79 Å². The first-order chi connectivity index (χ1) is 5.63. The van der Waals surface area contributed by atoms with E-state index in [0.29, 0.717) is 6.61 Å². The first-order valence-corrected chi connectivity index (χ1v) is 5.31. The molecule has 0 rings (SSSR count). The van der Waals surface area contributed by atoms with Gasteiger partial charge in [0.1, 0.15) is 0 Å². The zero-order valence-electron chi connectivity index (χ0n) is 8.07. The molecule has 0 bridgehead atoms. The second-order valence-electron chi connectivity index (χ2n) is 4.08. The molecule has 13 heavy (non-hydrogen) atoms. The van der Waals surface area contributed by atoms with Crippen LogP contribution in [0.2, 0.25) is 0 Å². The third kappa shape index (κ3) is 7.58. The summed E-state index contributed by atoms with van der Waals surface area (Å²) in [5.41, 5.74) is 0.159. The van der Waals surface area contributed by atoms with Crippen LogP contribution >= 0.6 is 37.9 Å². The van der Waals surface area contributed by atoms with Crippen molar-refractivity contribution in [1.82, 2.24) is 0 Å². The lowest BCUT2D eigenvalue weighted by Crippen LogP contribution is -2.24. The van der Waals surface area contributed by atoms with Gasteiger partial charge in [0, 0.05) is 0 Å². The monoisotopic (exact) mass is 240 g/mol. The molecule has 0 saturated heterocycles. The second kappa shape index (κ2) is 4.84. The summed E-state index contributed by atoms with van der Waals surface area (Å²) < 4.78 is 3.62. The quantitative estimate of drug-likeness (QED) is 0.401. The Balaban J connectivity index is 3.74. The van der Waals surface area contributed by atoms with Crippen molar-refractivity contribution in [3.8, 4) is 0 Å². The Labute approximate surface area is 96.0 Å². The lowest BCUT2D eigenvalue weighted by Gasteiger charge is -2.19. The molecule has 0 aliphatic rings. The molecule has 0 fully saturated rings. The van der Waals surface area contributed by atoms with E-state index < -0.39 is 9.38 Å². The molecule has 0 aliphatic heterocycles. The van der Waals surface area contributed by atoms with Crippen molar-refractivity contribution in [1.29, 1.82) is 0 Å². The number of hydrogen-bond donors (Lipinski definition) is 3. The average molecular weight is 240 g/mol. The fourth-order valence-corrected chi connectivity index (χ4v) is 0.740. The third-order valence-electron chi connectivity index (χ3n) is 1.36. The number of ether oxygens (including phenoxy) is 1.